The Labute approximate surface area is 146 Å². The lowest BCUT2D eigenvalue weighted by atomic mass is 10.3. The highest BCUT2D eigenvalue weighted by molar-refractivity contribution is 7.71. The van der Waals surface area contributed by atoms with Crippen LogP contribution in [0.4, 0.5) is 5.69 Å². The van der Waals surface area contributed by atoms with Crippen LogP contribution in [-0.2, 0) is 11.3 Å². The molecule has 0 bridgehead atoms. The predicted octanol–water partition coefficient (Wildman–Crippen LogP) is 3.47. The summed E-state index contributed by atoms with van der Waals surface area (Å²) in [6.07, 6.45) is 5.20. The van der Waals surface area contributed by atoms with Crippen molar-refractivity contribution in [3.63, 3.8) is 0 Å². The molecule has 0 saturated carbocycles. The summed E-state index contributed by atoms with van der Waals surface area (Å²) in [5.41, 5.74) is 0.445. The van der Waals surface area contributed by atoms with Crippen molar-refractivity contribution in [3.05, 3.63) is 63.9 Å². The molecule has 0 aliphatic carbocycles. The summed E-state index contributed by atoms with van der Waals surface area (Å²) < 4.78 is 5.23. The average molecular weight is 368 g/mol. The number of aromatic nitrogens is 4. The minimum atomic E-state index is -0.303. The molecule has 2 heterocycles. The topological polar surface area (TPSA) is 56.8 Å². The standard InChI is InChI=1S/C14H11Cl2N5OS/c15-10-4-3-5-11(13(10)16)18-12(22)8-20-14(23)21(9-17-20)19-6-1-2-7-19/h1-7,9H,8H2,(H,18,22). The molecule has 0 unspecified atom stereocenters. The van der Waals surface area contributed by atoms with Crippen molar-refractivity contribution in [3.8, 4) is 0 Å². The van der Waals surface area contributed by atoms with E-state index in [0.717, 1.165) is 0 Å². The maximum atomic E-state index is 12.2. The second kappa shape index (κ2) is 6.57. The van der Waals surface area contributed by atoms with Gasteiger partial charge in [-0.3, -0.25) is 9.47 Å². The van der Waals surface area contributed by atoms with Crippen LogP contribution in [0.5, 0.6) is 0 Å². The van der Waals surface area contributed by atoms with Crippen molar-refractivity contribution in [1.82, 2.24) is 19.1 Å². The van der Waals surface area contributed by atoms with Crippen LogP contribution in [0.3, 0.4) is 0 Å². The van der Waals surface area contributed by atoms with Gasteiger partial charge < -0.3 is 5.32 Å². The van der Waals surface area contributed by atoms with Crippen LogP contribution >= 0.6 is 35.4 Å². The molecule has 0 radical (unpaired) electrons. The van der Waals surface area contributed by atoms with Crippen LogP contribution in [0.2, 0.25) is 10.0 Å². The van der Waals surface area contributed by atoms with E-state index in [4.69, 9.17) is 35.4 Å². The number of hydrogen-bond acceptors (Lipinski definition) is 3. The molecule has 3 aromatic rings. The number of amides is 1. The van der Waals surface area contributed by atoms with Crippen LogP contribution in [0, 0.1) is 4.77 Å². The van der Waals surface area contributed by atoms with Crippen LogP contribution in [0.15, 0.2) is 49.1 Å². The molecule has 1 N–H and O–H groups in total. The van der Waals surface area contributed by atoms with E-state index in [-0.39, 0.29) is 12.5 Å². The Hall–Kier alpha value is -2.09. The zero-order valence-electron chi connectivity index (χ0n) is 11.7. The van der Waals surface area contributed by atoms with E-state index in [1.807, 2.05) is 24.5 Å². The zero-order chi connectivity index (χ0) is 16.4. The van der Waals surface area contributed by atoms with Gasteiger partial charge in [-0.2, -0.15) is 5.10 Å². The van der Waals surface area contributed by atoms with Gasteiger partial charge in [-0.15, -0.1) is 0 Å². The molecule has 0 saturated heterocycles. The molecule has 0 aliphatic heterocycles. The number of nitrogens with one attached hydrogen (secondary N) is 1. The molecule has 0 atom stereocenters. The van der Waals surface area contributed by atoms with E-state index in [0.29, 0.717) is 20.5 Å². The monoisotopic (exact) mass is 367 g/mol. The Balaban J connectivity index is 1.76. The highest BCUT2D eigenvalue weighted by Crippen LogP contribution is 2.29. The molecule has 118 valence electrons. The first kappa shape index (κ1) is 15.8. The second-order valence-electron chi connectivity index (χ2n) is 4.63. The number of carbonyl (C=O) groups is 1. The minimum absolute atomic E-state index is 0.0318. The maximum absolute atomic E-state index is 12.2. The molecule has 0 aliphatic rings. The number of hydrogen-bond donors (Lipinski definition) is 1. The normalized spacial score (nSPS) is 10.7. The van der Waals surface area contributed by atoms with Gasteiger partial charge in [0.15, 0.2) is 0 Å². The van der Waals surface area contributed by atoms with Gasteiger partial charge >= 0.3 is 0 Å². The molecule has 1 aromatic carbocycles. The minimum Gasteiger partial charge on any atom is -0.323 e. The summed E-state index contributed by atoms with van der Waals surface area (Å²) in [5, 5.41) is 7.49. The Morgan fingerprint density at radius 3 is 2.70 bits per heavy atom. The van der Waals surface area contributed by atoms with Gasteiger partial charge in [-0.05, 0) is 36.5 Å². The third-order valence-corrected chi connectivity index (χ3v) is 4.29. The average Bonchev–Trinajstić information content (AvgIpc) is 3.15. The van der Waals surface area contributed by atoms with Crippen molar-refractivity contribution in [1.29, 1.82) is 0 Å². The zero-order valence-corrected chi connectivity index (χ0v) is 14.0. The van der Waals surface area contributed by atoms with Gasteiger partial charge in [0, 0.05) is 12.4 Å². The van der Waals surface area contributed by atoms with Gasteiger partial charge in [0.25, 0.3) is 0 Å². The van der Waals surface area contributed by atoms with E-state index in [2.05, 4.69) is 10.4 Å². The smallest absolute Gasteiger partial charge is 0.246 e. The molecule has 0 spiro atoms. The summed E-state index contributed by atoms with van der Waals surface area (Å²) in [6, 6.07) is 8.76. The summed E-state index contributed by atoms with van der Waals surface area (Å²) in [6.45, 7) is -0.0318. The molecule has 2 aromatic heterocycles. The summed E-state index contributed by atoms with van der Waals surface area (Å²) >= 11 is 17.3. The van der Waals surface area contributed by atoms with E-state index in [1.165, 1.54) is 4.68 Å². The summed E-state index contributed by atoms with van der Waals surface area (Å²) in [7, 11) is 0. The highest BCUT2D eigenvalue weighted by Gasteiger charge is 2.11. The Bertz CT molecular complexity index is 900. The number of nitrogens with zero attached hydrogens (tertiary/aromatic N) is 4. The third-order valence-electron chi connectivity index (χ3n) is 3.07. The van der Waals surface area contributed by atoms with E-state index < -0.39 is 0 Å². The molecular formula is C14H11Cl2N5OS. The molecular weight excluding hydrogens is 357 g/mol. The van der Waals surface area contributed by atoms with Crippen molar-refractivity contribution >= 4 is 47.0 Å². The fraction of sp³-hybridized carbons (Fsp3) is 0.0714. The van der Waals surface area contributed by atoms with Gasteiger partial charge in [0.2, 0.25) is 10.7 Å². The lowest BCUT2D eigenvalue weighted by Crippen LogP contribution is -2.20. The number of halogens is 2. The van der Waals surface area contributed by atoms with Gasteiger partial charge in [0.1, 0.15) is 12.9 Å². The number of benzene rings is 1. The van der Waals surface area contributed by atoms with Crippen molar-refractivity contribution < 1.29 is 4.79 Å². The van der Waals surface area contributed by atoms with Crippen LogP contribution in [-0.4, -0.2) is 25.0 Å². The summed E-state index contributed by atoms with van der Waals surface area (Å²) in [5.74, 6) is -0.303. The van der Waals surface area contributed by atoms with E-state index in [9.17, 15) is 4.79 Å². The number of carbonyl (C=O) groups excluding carboxylic acids is 1. The largest absolute Gasteiger partial charge is 0.323 e. The fourth-order valence-corrected chi connectivity index (χ4v) is 2.59. The first-order valence-corrected chi connectivity index (χ1v) is 7.74. The lowest BCUT2D eigenvalue weighted by molar-refractivity contribution is -0.116. The molecule has 0 fully saturated rings. The number of rotatable bonds is 4. The van der Waals surface area contributed by atoms with Crippen molar-refractivity contribution in [2.24, 2.45) is 0 Å². The molecule has 23 heavy (non-hydrogen) atoms. The first-order chi connectivity index (χ1) is 11.1. The van der Waals surface area contributed by atoms with E-state index in [1.54, 1.807) is 33.9 Å². The Morgan fingerprint density at radius 2 is 1.96 bits per heavy atom. The quantitative estimate of drug-likeness (QED) is 0.718. The van der Waals surface area contributed by atoms with Crippen molar-refractivity contribution in [2.75, 3.05) is 5.32 Å². The van der Waals surface area contributed by atoms with Crippen LogP contribution in [0.1, 0.15) is 0 Å². The molecule has 9 heteroatoms. The lowest BCUT2D eigenvalue weighted by Gasteiger charge is -2.08. The molecule has 3 rings (SSSR count). The SMILES string of the molecule is O=C(Cn1ncn(-n2cccc2)c1=S)Nc1cccc(Cl)c1Cl. The second-order valence-corrected chi connectivity index (χ2v) is 5.78. The number of anilines is 1. The third kappa shape index (κ3) is 3.31. The highest BCUT2D eigenvalue weighted by atomic mass is 35.5. The Morgan fingerprint density at radius 1 is 1.22 bits per heavy atom. The van der Waals surface area contributed by atoms with E-state index >= 15 is 0 Å². The summed E-state index contributed by atoms with van der Waals surface area (Å²) in [4.78, 5) is 12.2. The first-order valence-electron chi connectivity index (χ1n) is 6.58. The Kier molecular flexibility index (Phi) is 4.51. The van der Waals surface area contributed by atoms with Crippen molar-refractivity contribution in [2.45, 2.75) is 6.54 Å². The van der Waals surface area contributed by atoms with Crippen LogP contribution < -0.4 is 5.32 Å². The van der Waals surface area contributed by atoms with Gasteiger partial charge in [-0.1, -0.05) is 29.3 Å². The molecule has 1 amide bonds. The predicted molar refractivity (Wildman–Crippen MR) is 91.4 cm³/mol. The maximum Gasteiger partial charge on any atom is 0.246 e. The molecule has 6 nitrogen and oxygen atoms in total. The fourth-order valence-electron chi connectivity index (χ4n) is 1.99. The van der Waals surface area contributed by atoms with Crippen LogP contribution in [0.25, 0.3) is 0 Å². The van der Waals surface area contributed by atoms with Gasteiger partial charge in [0.05, 0.1) is 15.7 Å². The van der Waals surface area contributed by atoms with Gasteiger partial charge in [-0.25, -0.2) is 9.36 Å².